The molecule has 0 saturated heterocycles. The molecular formula is C20H19N3O4S2. The van der Waals surface area contributed by atoms with Crippen molar-refractivity contribution < 1.29 is 17.9 Å². The summed E-state index contributed by atoms with van der Waals surface area (Å²) < 4.78 is 32.8. The number of sulfonamides is 1. The molecule has 0 bridgehead atoms. The third kappa shape index (κ3) is 5.01. The molecule has 2 N–H and O–H groups in total. The topological polar surface area (TPSA) is 96.9 Å². The van der Waals surface area contributed by atoms with Gasteiger partial charge in [-0.15, -0.1) is 11.3 Å². The minimum Gasteiger partial charge on any atom is -0.497 e. The largest absolute Gasteiger partial charge is 0.497 e. The van der Waals surface area contributed by atoms with Gasteiger partial charge in [-0.2, -0.15) is 5.10 Å². The van der Waals surface area contributed by atoms with Gasteiger partial charge in [-0.3, -0.25) is 9.52 Å². The van der Waals surface area contributed by atoms with E-state index in [2.05, 4.69) is 15.2 Å². The molecule has 1 heterocycles. The van der Waals surface area contributed by atoms with Gasteiger partial charge >= 0.3 is 0 Å². The van der Waals surface area contributed by atoms with E-state index < -0.39 is 15.9 Å². The second-order valence-electron chi connectivity index (χ2n) is 5.95. The third-order valence-corrected chi connectivity index (χ3v) is 6.75. The van der Waals surface area contributed by atoms with Gasteiger partial charge in [-0.25, -0.2) is 13.8 Å². The van der Waals surface area contributed by atoms with E-state index in [0.29, 0.717) is 11.5 Å². The van der Waals surface area contributed by atoms with Gasteiger partial charge in [0.15, 0.2) is 0 Å². The predicted molar refractivity (Wildman–Crippen MR) is 114 cm³/mol. The molecule has 29 heavy (non-hydrogen) atoms. The number of hydrazone groups is 1. The molecule has 150 valence electrons. The minimum atomic E-state index is -3.77. The number of rotatable bonds is 7. The Bertz CT molecular complexity index is 1140. The molecule has 0 radical (unpaired) electrons. The monoisotopic (exact) mass is 429 g/mol. The van der Waals surface area contributed by atoms with Gasteiger partial charge in [0, 0.05) is 5.56 Å². The molecule has 0 saturated carbocycles. The number of ether oxygens (including phenoxy) is 1. The predicted octanol–water partition coefficient (Wildman–Crippen LogP) is 3.71. The summed E-state index contributed by atoms with van der Waals surface area (Å²) in [6.07, 6.45) is 0. The second-order valence-corrected chi connectivity index (χ2v) is 8.81. The molecule has 0 atom stereocenters. The number of thiophene rings is 1. The molecule has 9 heteroatoms. The fourth-order valence-electron chi connectivity index (χ4n) is 2.49. The van der Waals surface area contributed by atoms with Crippen LogP contribution in [0.4, 0.5) is 5.69 Å². The minimum absolute atomic E-state index is 0.162. The maximum atomic E-state index is 12.6. The lowest BCUT2D eigenvalue weighted by Crippen LogP contribution is -2.22. The normalized spacial score (nSPS) is 11.7. The summed E-state index contributed by atoms with van der Waals surface area (Å²) in [4.78, 5) is 12.6. The molecule has 2 aromatic carbocycles. The Morgan fingerprint density at radius 3 is 2.59 bits per heavy atom. The summed E-state index contributed by atoms with van der Waals surface area (Å²) in [5, 5.41) is 5.79. The van der Waals surface area contributed by atoms with Crippen molar-refractivity contribution in [2.75, 3.05) is 11.8 Å². The number of nitrogens with zero attached hydrogens (tertiary/aromatic N) is 1. The average Bonchev–Trinajstić information content (AvgIpc) is 3.28. The highest BCUT2D eigenvalue weighted by atomic mass is 32.2. The van der Waals surface area contributed by atoms with Crippen molar-refractivity contribution in [2.45, 2.75) is 11.1 Å². The van der Waals surface area contributed by atoms with Crippen molar-refractivity contribution in [1.82, 2.24) is 5.43 Å². The van der Waals surface area contributed by atoms with E-state index in [4.69, 9.17) is 4.74 Å². The highest BCUT2D eigenvalue weighted by Gasteiger charge is 2.19. The van der Waals surface area contributed by atoms with Gasteiger partial charge < -0.3 is 4.74 Å². The number of benzene rings is 2. The van der Waals surface area contributed by atoms with Crippen LogP contribution in [0.3, 0.4) is 0 Å². The maximum Gasteiger partial charge on any atom is 0.273 e. The van der Waals surface area contributed by atoms with Crippen molar-refractivity contribution in [3.8, 4) is 5.75 Å². The molecule has 7 nitrogen and oxygen atoms in total. The van der Waals surface area contributed by atoms with E-state index in [0.717, 1.165) is 16.9 Å². The average molecular weight is 430 g/mol. The lowest BCUT2D eigenvalue weighted by atomic mass is 10.1. The Morgan fingerprint density at radius 2 is 1.86 bits per heavy atom. The first kappa shape index (κ1) is 20.6. The van der Waals surface area contributed by atoms with Crippen LogP contribution in [0.25, 0.3) is 0 Å². The lowest BCUT2D eigenvalue weighted by molar-refractivity contribution is 0.0955. The SMILES string of the molecule is COc1cccc(/C(C)=N/NC(=O)c2ccccc2NS(=O)(=O)c2cccs2)c1. The molecule has 0 spiro atoms. The van der Waals surface area contributed by atoms with Crippen LogP contribution in [0, 0.1) is 0 Å². The summed E-state index contributed by atoms with van der Waals surface area (Å²) in [5.41, 5.74) is 4.17. The van der Waals surface area contributed by atoms with Crippen molar-refractivity contribution >= 4 is 38.7 Å². The van der Waals surface area contributed by atoms with Crippen LogP contribution in [0.5, 0.6) is 5.75 Å². The van der Waals surface area contributed by atoms with Gasteiger partial charge in [0.25, 0.3) is 15.9 Å². The van der Waals surface area contributed by atoms with E-state index in [1.807, 2.05) is 18.2 Å². The maximum absolute atomic E-state index is 12.6. The number of anilines is 1. The molecule has 3 rings (SSSR count). The summed E-state index contributed by atoms with van der Waals surface area (Å²) in [7, 11) is -2.20. The molecule has 3 aromatic rings. The first-order chi connectivity index (χ1) is 13.9. The van der Waals surface area contributed by atoms with Crippen LogP contribution < -0.4 is 14.9 Å². The van der Waals surface area contributed by atoms with E-state index >= 15 is 0 Å². The fraction of sp³-hybridized carbons (Fsp3) is 0.100. The van der Waals surface area contributed by atoms with Crippen LogP contribution in [0.1, 0.15) is 22.8 Å². The number of hydrogen-bond acceptors (Lipinski definition) is 6. The Kier molecular flexibility index (Phi) is 6.30. The first-order valence-corrected chi connectivity index (χ1v) is 10.9. The Labute approximate surface area is 173 Å². The summed E-state index contributed by atoms with van der Waals surface area (Å²) in [6.45, 7) is 1.75. The van der Waals surface area contributed by atoms with Crippen LogP contribution >= 0.6 is 11.3 Å². The zero-order chi connectivity index (χ0) is 20.9. The van der Waals surface area contributed by atoms with E-state index in [1.165, 1.54) is 18.2 Å². The van der Waals surface area contributed by atoms with Gasteiger partial charge in [-0.05, 0) is 42.6 Å². The number of carbonyl (C=O) groups excluding carboxylic acids is 1. The van der Waals surface area contributed by atoms with Crippen LogP contribution in [0.15, 0.2) is 75.4 Å². The molecule has 0 aliphatic heterocycles. The smallest absolute Gasteiger partial charge is 0.273 e. The van der Waals surface area contributed by atoms with Gasteiger partial charge in [0.1, 0.15) is 9.96 Å². The molecule has 1 amide bonds. The van der Waals surface area contributed by atoms with Crippen LogP contribution in [-0.4, -0.2) is 27.1 Å². The standard InChI is InChI=1S/C20H19N3O4S2/c1-14(15-7-5-8-16(13-15)27-2)21-22-20(24)17-9-3-4-10-18(17)23-29(25,26)19-11-6-12-28-19/h3-13,23H,1-2H3,(H,22,24)/b21-14+. The van der Waals surface area contributed by atoms with E-state index in [1.54, 1.807) is 43.7 Å². The van der Waals surface area contributed by atoms with Crippen LogP contribution in [0.2, 0.25) is 0 Å². The molecule has 1 aromatic heterocycles. The second kappa shape index (κ2) is 8.89. The Morgan fingerprint density at radius 1 is 1.07 bits per heavy atom. The summed E-state index contributed by atoms with van der Waals surface area (Å²) in [5.74, 6) is 0.147. The van der Waals surface area contributed by atoms with Crippen LogP contribution in [-0.2, 0) is 10.0 Å². The number of carbonyl (C=O) groups is 1. The van der Waals surface area contributed by atoms with Crippen molar-refractivity contribution in [2.24, 2.45) is 5.10 Å². The van der Waals surface area contributed by atoms with Gasteiger partial charge in [-0.1, -0.05) is 30.3 Å². The first-order valence-electron chi connectivity index (χ1n) is 8.55. The summed E-state index contributed by atoms with van der Waals surface area (Å²) >= 11 is 1.10. The van der Waals surface area contributed by atoms with Crippen molar-refractivity contribution in [3.63, 3.8) is 0 Å². The number of hydrogen-bond donors (Lipinski definition) is 2. The quantitative estimate of drug-likeness (QED) is 0.442. The fourth-order valence-corrected chi connectivity index (χ4v) is 4.56. The summed E-state index contributed by atoms with van der Waals surface area (Å²) in [6, 6.07) is 16.8. The Balaban J connectivity index is 1.79. The van der Waals surface area contributed by atoms with Crippen molar-refractivity contribution in [3.05, 3.63) is 77.2 Å². The number of amides is 1. The van der Waals surface area contributed by atoms with Gasteiger partial charge in [0.05, 0.1) is 24.1 Å². The number of nitrogens with one attached hydrogen (secondary N) is 2. The van der Waals surface area contributed by atoms with Gasteiger partial charge in [0.2, 0.25) is 0 Å². The highest BCUT2D eigenvalue weighted by molar-refractivity contribution is 7.94. The number of methoxy groups -OCH3 is 1. The highest BCUT2D eigenvalue weighted by Crippen LogP contribution is 2.23. The van der Waals surface area contributed by atoms with E-state index in [9.17, 15) is 13.2 Å². The molecular weight excluding hydrogens is 410 g/mol. The molecule has 0 fully saturated rings. The lowest BCUT2D eigenvalue weighted by Gasteiger charge is -2.11. The third-order valence-electron chi connectivity index (χ3n) is 3.99. The zero-order valence-corrected chi connectivity index (χ0v) is 17.4. The molecule has 0 aliphatic carbocycles. The van der Waals surface area contributed by atoms with E-state index in [-0.39, 0.29) is 15.5 Å². The Hall–Kier alpha value is -3.17. The zero-order valence-electron chi connectivity index (χ0n) is 15.7. The van der Waals surface area contributed by atoms with Crippen molar-refractivity contribution in [1.29, 1.82) is 0 Å². The number of para-hydroxylation sites is 1. The molecule has 0 unspecified atom stereocenters. The molecule has 0 aliphatic rings.